The first-order valence-corrected chi connectivity index (χ1v) is 25.2. The Kier molecular flexibility index (Phi) is 34.0. The summed E-state index contributed by atoms with van der Waals surface area (Å²) in [5.74, 6) is -0.980. The van der Waals surface area contributed by atoms with E-state index in [0.29, 0.717) is 45.3 Å². The number of thioether (sulfide) groups is 1. The zero-order chi connectivity index (χ0) is 48.1. The number of ether oxygens (including phenoxy) is 2. The van der Waals surface area contributed by atoms with Crippen molar-refractivity contribution in [1.82, 2.24) is 36.8 Å². The van der Waals surface area contributed by atoms with Gasteiger partial charge in [-0.2, -0.15) is 0 Å². The lowest BCUT2D eigenvalue weighted by atomic mass is 10.0. The molecule has 65 heavy (non-hydrogen) atoms. The summed E-state index contributed by atoms with van der Waals surface area (Å²) < 4.78 is 11.0. The lowest BCUT2D eigenvalue weighted by Crippen LogP contribution is -2.53. The van der Waals surface area contributed by atoms with Crippen LogP contribution in [0.25, 0.3) is 0 Å². The van der Waals surface area contributed by atoms with Gasteiger partial charge in [0.2, 0.25) is 35.4 Å². The highest BCUT2D eigenvalue weighted by Gasteiger charge is 2.38. The van der Waals surface area contributed by atoms with Crippen LogP contribution in [0.1, 0.15) is 156 Å². The number of urea groups is 1. The highest BCUT2D eigenvalue weighted by Crippen LogP contribution is 2.26. The second kappa shape index (κ2) is 37.3. The summed E-state index contributed by atoms with van der Waals surface area (Å²) in [5.41, 5.74) is 4.61. The standard InChI is InChI=1S/C46H84N8O10S/c1-5-6-7-8-9-10-11-12-15-21-41(58)52-37(43(47)60)20-16-18-25-49-40(57)23-30-63-32-33-64-31-28-50-39(56)22-29-54-42(59)35-38(44(54)61)65-34-19-14-13-17-24-48-26-27-51-45(62)53-46(3,4)36(2)55/h37-38,48H,5-35H2,1-4H3,(H2,47,60)(H,49,57)(H,50,56)(H,52,58)(H2,51,53,62). The fraction of sp³-hybridized carbons (Fsp3) is 0.826. The van der Waals surface area contributed by atoms with E-state index in [-0.39, 0.29) is 100 Å². The monoisotopic (exact) mass is 941 g/mol. The zero-order valence-electron chi connectivity index (χ0n) is 40.1. The summed E-state index contributed by atoms with van der Waals surface area (Å²) in [4.78, 5) is 98.6. The number of nitrogens with one attached hydrogen (secondary N) is 6. The summed E-state index contributed by atoms with van der Waals surface area (Å²) >= 11 is 1.49. The number of imide groups is 1. The molecule has 1 heterocycles. The van der Waals surface area contributed by atoms with Crippen molar-refractivity contribution in [2.24, 2.45) is 5.73 Å². The largest absolute Gasteiger partial charge is 0.379 e. The third-order valence-corrected chi connectivity index (χ3v) is 12.4. The quantitative estimate of drug-likeness (QED) is 0.0341. The van der Waals surface area contributed by atoms with E-state index in [1.165, 1.54) is 62.1 Å². The summed E-state index contributed by atoms with van der Waals surface area (Å²) in [6, 6.07) is -1.09. The zero-order valence-corrected chi connectivity index (χ0v) is 40.9. The normalized spacial score (nSPS) is 14.3. The number of Topliss-reactive ketones (excluding diaryl/α,β-unsaturated/α-hetero) is 1. The number of nitrogens with zero attached hydrogens (tertiary/aromatic N) is 1. The van der Waals surface area contributed by atoms with Gasteiger partial charge in [0.05, 0.1) is 37.2 Å². The number of primary amides is 1. The van der Waals surface area contributed by atoms with E-state index in [1.54, 1.807) is 13.8 Å². The van der Waals surface area contributed by atoms with Gasteiger partial charge in [0, 0.05) is 58.4 Å². The molecule has 18 nitrogen and oxygen atoms in total. The van der Waals surface area contributed by atoms with Crippen molar-refractivity contribution in [3.63, 3.8) is 0 Å². The van der Waals surface area contributed by atoms with Crippen LogP contribution in [0.3, 0.4) is 0 Å². The van der Waals surface area contributed by atoms with Crippen LogP contribution in [-0.2, 0) is 43.0 Å². The van der Waals surface area contributed by atoms with Gasteiger partial charge in [0.25, 0.3) is 0 Å². The van der Waals surface area contributed by atoms with Gasteiger partial charge in [-0.1, -0.05) is 71.1 Å². The molecule has 8 N–H and O–H groups in total. The molecular formula is C46H84N8O10S. The Balaban J connectivity index is 1.99. The van der Waals surface area contributed by atoms with Gasteiger partial charge >= 0.3 is 6.03 Å². The minimum atomic E-state index is -0.902. The van der Waals surface area contributed by atoms with E-state index in [0.717, 1.165) is 57.2 Å². The number of likely N-dealkylation sites (tertiary alicyclic amines) is 1. The number of hydrogen-bond acceptors (Lipinski definition) is 12. The molecule has 0 aromatic rings. The minimum Gasteiger partial charge on any atom is -0.379 e. The van der Waals surface area contributed by atoms with Crippen molar-refractivity contribution in [3.05, 3.63) is 0 Å². The molecular weight excluding hydrogens is 857 g/mol. The second-order valence-electron chi connectivity index (χ2n) is 17.2. The third-order valence-electron chi connectivity index (χ3n) is 11.1. The number of carbonyl (C=O) groups excluding carboxylic acids is 8. The molecule has 19 heteroatoms. The van der Waals surface area contributed by atoms with Crippen molar-refractivity contribution in [2.75, 3.05) is 71.4 Å². The van der Waals surface area contributed by atoms with Crippen LogP contribution in [0.15, 0.2) is 0 Å². The van der Waals surface area contributed by atoms with Gasteiger partial charge in [-0.3, -0.25) is 38.5 Å². The maximum Gasteiger partial charge on any atom is 0.315 e. The van der Waals surface area contributed by atoms with Crippen molar-refractivity contribution in [1.29, 1.82) is 0 Å². The fourth-order valence-electron chi connectivity index (χ4n) is 6.74. The number of rotatable bonds is 42. The SMILES string of the molecule is CCCCCCCCCCCC(=O)NC(CCCCNC(=O)CCOCCOCCNC(=O)CCN1C(=O)CC(SCCCCCCNCCNC(=O)NC(C)(C)C(C)=O)C1=O)C(N)=O. The number of ketones is 1. The van der Waals surface area contributed by atoms with Crippen LogP contribution >= 0.6 is 11.8 Å². The molecule has 1 aliphatic rings. The maximum atomic E-state index is 12.8. The number of carbonyl (C=O) groups is 8. The van der Waals surface area contributed by atoms with E-state index in [1.807, 2.05) is 0 Å². The molecule has 374 valence electrons. The first kappa shape index (κ1) is 59.2. The van der Waals surface area contributed by atoms with E-state index in [4.69, 9.17) is 15.2 Å². The van der Waals surface area contributed by atoms with Gasteiger partial charge in [0.1, 0.15) is 6.04 Å². The Bertz CT molecular complexity index is 1420. The van der Waals surface area contributed by atoms with E-state index in [2.05, 4.69) is 38.8 Å². The predicted molar refractivity (Wildman–Crippen MR) is 254 cm³/mol. The molecule has 0 aliphatic carbocycles. The predicted octanol–water partition coefficient (Wildman–Crippen LogP) is 3.77. The van der Waals surface area contributed by atoms with Gasteiger partial charge in [0.15, 0.2) is 5.78 Å². The molecule has 2 atom stereocenters. The van der Waals surface area contributed by atoms with Gasteiger partial charge in [-0.05, 0) is 71.6 Å². The summed E-state index contributed by atoms with van der Waals surface area (Å²) in [5, 5.41) is 16.6. The molecule has 0 aromatic heterocycles. The molecule has 2 unspecified atom stereocenters. The first-order chi connectivity index (χ1) is 31.2. The minimum absolute atomic E-state index is 0.0148. The van der Waals surface area contributed by atoms with Crippen LogP contribution in [0, 0.1) is 0 Å². The van der Waals surface area contributed by atoms with Crippen molar-refractivity contribution < 1.29 is 47.8 Å². The average Bonchev–Trinajstić information content (AvgIpc) is 3.52. The van der Waals surface area contributed by atoms with Crippen LogP contribution in [0.4, 0.5) is 4.79 Å². The Morgan fingerprint density at radius 3 is 2.00 bits per heavy atom. The lowest BCUT2D eigenvalue weighted by Gasteiger charge is -2.23. The molecule has 0 radical (unpaired) electrons. The fourth-order valence-corrected chi connectivity index (χ4v) is 7.93. The molecule has 0 aromatic carbocycles. The van der Waals surface area contributed by atoms with Gasteiger partial charge in [-0.15, -0.1) is 11.8 Å². The highest BCUT2D eigenvalue weighted by atomic mass is 32.2. The van der Waals surface area contributed by atoms with Crippen LogP contribution < -0.4 is 37.6 Å². The highest BCUT2D eigenvalue weighted by molar-refractivity contribution is 8.00. The summed E-state index contributed by atoms with van der Waals surface area (Å²) in [7, 11) is 0. The van der Waals surface area contributed by atoms with Crippen molar-refractivity contribution >= 4 is 59.0 Å². The number of hydrogen-bond donors (Lipinski definition) is 7. The molecule has 0 bridgehead atoms. The van der Waals surface area contributed by atoms with Gasteiger partial charge < -0.3 is 47.1 Å². The summed E-state index contributed by atoms with van der Waals surface area (Å²) in [6.07, 6.45) is 16.8. The maximum absolute atomic E-state index is 12.8. The number of nitrogens with two attached hydrogens (primary N) is 1. The number of amides is 8. The smallest absolute Gasteiger partial charge is 0.315 e. The lowest BCUT2D eigenvalue weighted by molar-refractivity contribution is -0.138. The van der Waals surface area contributed by atoms with E-state index in [9.17, 15) is 38.4 Å². The average molecular weight is 941 g/mol. The van der Waals surface area contributed by atoms with Crippen LogP contribution in [0.2, 0.25) is 0 Å². The van der Waals surface area contributed by atoms with E-state index < -0.39 is 22.7 Å². The molecule has 0 saturated carbocycles. The molecule has 1 saturated heterocycles. The van der Waals surface area contributed by atoms with E-state index >= 15 is 0 Å². The van der Waals surface area contributed by atoms with Crippen molar-refractivity contribution in [2.45, 2.75) is 173 Å². The Labute approximate surface area is 392 Å². The summed E-state index contributed by atoms with van der Waals surface area (Å²) in [6.45, 7) is 10.6. The first-order valence-electron chi connectivity index (χ1n) is 24.2. The van der Waals surface area contributed by atoms with Crippen molar-refractivity contribution in [3.8, 4) is 0 Å². The number of unbranched alkanes of at least 4 members (excludes halogenated alkanes) is 12. The molecule has 1 rings (SSSR count). The Morgan fingerprint density at radius 1 is 0.692 bits per heavy atom. The Morgan fingerprint density at radius 2 is 1.31 bits per heavy atom. The Hall–Kier alpha value is -3.81. The van der Waals surface area contributed by atoms with Crippen LogP contribution in [-0.4, -0.2) is 140 Å². The third kappa shape index (κ3) is 30.9. The second-order valence-corrected chi connectivity index (χ2v) is 18.5. The molecule has 8 amide bonds. The molecule has 1 fully saturated rings. The molecule has 1 aliphatic heterocycles. The van der Waals surface area contributed by atoms with Crippen LogP contribution in [0.5, 0.6) is 0 Å². The topological polar surface area (TPSA) is 256 Å². The molecule has 0 spiro atoms. The van der Waals surface area contributed by atoms with Gasteiger partial charge in [-0.25, -0.2) is 4.79 Å².